The fraction of sp³-hybridized carbons (Fsp3) is 0.500. The predicted molar refractivity (Wildman–Crippen MR) is 105 cm³/mol. The molecule has 2 N–H and O–H groups in total. The van der Waals surface area contributed by atoms with Crippen molar-refractivity contribution in [1.29, 1.82) is 0 Å². The van der Waals surface area contributed by atoms with Gasteiger partial charge in [0.2, 0.25) is 10.0 Å². The number of benzene rings is 2. The van der Waals surface area contributed by atoms with E-state index >= 15 is 0 Å². The van der Waals surface area contributed by atoms with Crippen LogP contribution in [0.4, 0.5) is 0 Å². The van der Waals surface area contributed by atoms with E-state index in [4.69, 9.17) is 0 Å². The van der Waals surface area contributed by atoms with Gasteiger partial charge >= 0.3 is 0 Å². The highest BCUT2D eigenvalue weighted by molar-refractivity contribution is 7.89. The molecule has 0 amide bonds. The van der Waals surface area contributed by atoms with Crippen LogP contribution in [0.3, 0.4) is 0 Å². The number of fused-ring (bicyclic) bond motifs is 1. The number of sulfonamides is 1. The van der Waals surface area contributed by atoms with Gasteiger partial charge in [0.15, 0.2) is 0 Å². The highest BCUT2D eigenvalue weighted by Gasteiger charge is 2.27. The number of aliphatic hydroxyl groups excluding tert-OH is 1. The van der Waals surface area contributed by atoms with E-state index in [1.54, 1.807) is 18.2 Å². The smallest absolute Gasteiger partial charge is 0.241 e. The Morgan fingerprint density at radius 2 is 1.77 bits per heavy atom. The number of hydrogen-bond acceptors (Lipinski definition) is 4. The topological polar surface area (TPSA) is 69.6 Å². The minimum atomic E-state index is -3.68. The molecule has 1 aliphatic rings. The summed E-state index contributed by atoms with van der Waals surface area (Å²) in [5.74, 6) is 0. The van der Waals surface area contributed by atoms with Crippen LogP contribution in [0.5, 0.6) is 0 Å². The van der Waals surface area contributed by atoms with E-state index < -0.39 is 16.1 Å². The van der Waals surface area contributed by atoms with E-state index in [-0.39, 0.29) is 11.4 Å². The van der Waals surface area contributed by atoms with Gasteiger partial charge in [0.25, 0.3) is 0 Å². The summed E-state index contributed by atoms with van der Waals surface area (Å²) in [6, 6.07) is 13.5. The second-order valence-electron chi connectivity index (χ2n) is 7.31. The summed E-state index contributed by atoms with van der Waals surface area (Å²) in [5.41, 5.74) is 0. The Morgan fingerprint density at radius 3 is 2.50 bits per heavy atom. The maximum absolute atomic E-state index is 12.7. The summed E-state index contributed by atoms with van der Waals surface area (Å²) in [7, 11) is -3.68. The molecule has 0 bridgehead atoms. The average molecular weight is 377 g/mol. The fourth-order valence-electron chi connectivity index (χ4n) is 3.86. The Balaban J connectivity index is 1.68. The van der Waals surface area contributed by atoms with Crippen LogP contribution in [-0.4, -0.2) is 49.7 Å². The van der Waals surface area contributed by atoms with Crippen molar-refractivity contribution in [2.45, 2.75) is 56.2 Å². The van der Waals surface area contributed by atoms with Crippen LogP contribution in [0.25, 0.3) is 10.8 Å². The first-order valence-corrected chi connectivity index (χ1v) is 10.8. The SMILES string of the molecule is C[C@@H]1CCC[C@H](C)N1C[C@H](O)CNS(=O)(=O)c1cccc2ccccc12. The molecule has 26 heavy (non-hydrogen) atoms. The van der Waals surface area contributed by atoms with E-state index in [2.05, 4.69) is 23.5 Å². The molecular weight excluding hydrogens is 348 g/mol. The third kappa shape index (κ3) is 4.26. The Hall–Kier alpha value is -1.47. The average Bonchev–Trinajstić information content (AvgIpc) is 2.63. The van der Waals surface area contributed by atoms with Gasteiger partial charge in [-0.1, -0.05) is 42.8 Å². The molecule has 6 heteroatoms. The lowest BCUT2D eigenvalue weighted by atomic mass is 9.97. The summed E-state index contributed by atoms with van der Waals surface area (Å²) in [5, 5.41) is 12.0. The van der Waals surface area contributed by atoms with E-state index in [1.807, 2.05) is 24.3 Å². The summed E-state index contributed by atoms with van der Waals surface area (Å²) in [4.78, 5) is 2.53. The molecule has 2 aromatic rings. The minimum absolute atomic E-state index is 0.0154. The molecule has 3 rings (SSSR count). The number of nitrogens with zero attached hydrogens (tertiary/aromatic N) is 1. The number of likely N-dealkylation sites (tertiary alicyclic amines) is 1. The van der Waals surface area contributed by atoms with Crippen LogP contribution in [0, 0.1) is 0 Å². The molecule has 0 spiro atoms. The molecule has 1 aliphatic heterocycles. The Labute approximate surface area is 156 Å². The van der Waals surface area contributed by atoms with E-state index in [1.165, 1.54) is 6.42 Å². The third-order valence-electron chi connectivity index (χ3n) is 5.35. The first kappa shape index (κ1) is 19.3. The summed E-state index contributed by atoms with van der Waals surface area (Å²) in [6.45, 7) is 4.84. The quantitative estimate of drug-likeness (QED) is 0.813. The van der Waals surface area contributed by atoms with Gasteiger partial charge in [-0.3, -0.25) is 4.90 Å². The van der Waals surface area contributed by atoms with E-state index in [0.29, 0.717) is 24.0 Å². The summed E-state index contributed by atoms with van der Waals surface area (Å²) >= 11 is 0. The normalized spacial score (nSPS) is 23.2. The van der Waals surface area contributed by atoms with Crippen LogP contribution in [0.15, 0.2) is 47.4 Å². The van der Waals surface area contributed by atoms with Crippen LogP contribution >= 0.6 is 0 Å². The molecule has 0 saturated carbocycles. The third-order valence-corrected chi connectivity index (χ3v) is 6.83. The number of β-amino-alcohol motifs (C(OH)–C–C–N with tert-alkyl or cyclic N) is 1. The van der Waals surface area contributed by atoms with Crippen molar-refractivity contribution in [3.05, 3.63) is 42.5 Å². The minimum Gasteiger partial charge on any atom is -0.390 e. The molecule has 1 fully saturated rings. The second-order valence-corrected chi connectivity index (χ2v) is 9.04. The highest BCUT2D eigenvalue weighted by Crippen LogP contribution is 2.24. The number of aliphatic hydroxyl groups is 1. The lowest BCUT2D eigenvalue weighted by Gasteiger charge is -2.40. The van der Waals surface area contributed by atoms with Crippen LogP contribution in [-0.2, 0) is 10.0 Å². The molecule has 142 valence electrons. The zero-order chi connectivity index (χ0) is 18.7. The van der Waals surface area contributed by atoms with E-state index in [0.717, 1.165) is 18.2 Å². The number of nitrogens with one attached hydrogen (secondary N) is 1. The monoisotopic (exact) mass is 376 g/mol. The molecule has 0 radical (unpaired) electrons. The van der Waals surface area contributed by atoms with Gasteiger partial charge in [0, 0.05) is 30.6 Å². The van der Waals surface area contributed by atoms with Crippen molar-refractivity contribution >= 4 is 20.8 Å². The van der Waals surface area contributed by atoms with Gasteiger partial charge in [-0.15, -0.1) is 0 Å². The fourth-order valence-corrected chi connectivity index (χ4v) is 5.16. The lowest BCUT2D eigenvalue weighted by Crippen LogP contribution is -2.49. The maximum Gasteiger partial charge on any atom is 0.241 e. The highest BCUT2D eigenvalue weighted by atomic mass is 32.2. The molecule has 1 heterocycles. The van der Waals surface area contributed by atoms with E-state index in [9.17, 15) is 13.5 Å². The van der Waals surface area contributed by atoms with Crippen LogP contribution in [0.2, 0.25) is 0 Å². The van der Waals surface area contributed by atoms with Crippen LogP contribution in [0.1, 0.15) is 33.1 Å². The summed E-state index contributed by atoms with van der Waals surface area (Å²) in [6.07, 6.45) is 2.72. The molecule has 3 atom stereocenters. The van der Waals surface area contributed by atoms with Crippen molar-refractivity contribution in [1.82, 2.24) is 9.62 Å². The molecule has 5 nitrogen and oxygen atoms in total. The molecule has 1 saturated heterocycles. The Morgan fingerprint density at radius 1 is 1.12 bits per heavy atom. The maximum atomic E-state index is 12.7. The largest absolute Gasteiger partial charge is 0.390 e. The lowest BCUT2D eigenvalue weighted by molar-refractivity contribution is 0.0438. The van der Waals surface area contributed by atoms with Crippen molar-refractivity contribution in [2.24, 2.45) is 0 Å². The second kappa shape index (κ2) is 8.05. The molecule has 0 unspecified atom stereocenters. The molecule has 0 aromatic heterocycles. The molecule has 0 aliphatic carbocycles. The van der Waals surface area contributed by atoms with Crippen molar-refractivity contribution in [2.75, 3.05) is 13.1 Å². The van der Waals surface area contributed by atoms with Crippen molar-refractivity contribution in [3.63, 3.8) is 0 Å². The zero-order valence-corrected chi connectivity index (χ0v) is 16.2. The zero-order valence-electron chi connectivity index (χ0n) is 15.4. The Bertz CT molecular complexity index is 838. The molecule has 2 aromatic carbocycles. The number of piperidine rings is 1. The van der Waals surface area contributed by atoms with Gasteiger partial charge in [-0.2, -0.15) is 0 Å². The van der Waals surface area contributed by atoms with Gasteiger partial charge < -0.3 is 5.11 Å². The van der Waals surface area contributed by atoms with Gasteiger partial charge in [-0.05, 0) is 38.1 Å². The van der Waals surface area contributed by atoms with Gasteiger partial charge in [0.1, 0.15) is 0 Å². The number of hydrogen-bond donors (Lipinski definition) is 2. The number of rotatable bonds is 6. The van der Waals surface area contributed by atoms with Gasteiger partial charge in [-0.25, -0.2) is 13.1 Å². The van der Waals surface area contributed by atoms with Crippen molar-refractivity contribution in [3.8, 4) is 0 Å². The summed E-state index contributed by atoms with van der Waals surface area (Å²) < 4.78 is 28.1. The van der Waals surface area contributed by atoms with Crippen LogP contribution < -0.4 is 4.72 Å². The first-order valence-electron chi connectivity index (χ1n) is 9.30. The van der Waals surface area contributed by atoms with Crippen molar-refractivity contribution < 1.29 is 13.5 Å². The Kier molecular flexibility index (Phi) is 5.97. The molecular formula is C20H28N2O3S. The predicted octanol–water partition coefficient (Wildman–Crippen LogP) is 2.74. The van der Waals surface area contributed by atoms with Gasteiger partial charge in [0.05, 0.1) is 11.0 Å². The standard InChI is InChI=1S/C20H28N2O3S/c1-15-7-5-8-16(2)22(15)14-18(23)13-21-26(24,25)20-12-6-10-17-9-3-4-11-19(17)20/h3-4,6,9-12,15-16,18,21,23H,5,7-8,13-14H2,1-2H3/t15-,16+,18-/m1/s1. The first-order chi connectivity index (χ1) is 12.4.